The first-order valence-electron chi connectivity index (χ1n) is 10.5. The maximum Gasteiger partial charge on any atom is 1.00 e. The number of pyridine rings is 2. The molecule has 0 spiro atoms. The second-order valence-electron chi connectivity index (χ2n) is 7.33. The van der Waals surface area contributed by atoms with Crippen molar-refractivity contribution < 1.29 is 22.2 Å². The van der Waals surface area contributed by atoms with E-state index in [-0.39, 0.29) is 17.1 Å². The molecule has 6 N–H and O–H groups in total. The van der Waals surface area contributed by atoms with Crippen LogP contribution in [-0.4, -0.2) is 35.0 Å². The Hall–Kier alpha value is -5.00. The number of aromatic amines is 2. The average molecular weight is 546 g/mol. The van der Waals surface area contributed by atoms with E-state index < -0.39 is 5.09 Å². The van der Waals surface area contributed by atoms with Crippen molar-refractivity contribution in [2.75, 3.05) is 11.5 Å². The molecule has 0 aliphatic rings. The molecule has 4 aromatic heterocycles. The second-order valence-corrected chi connectivity index (χ2v) is 7.33. The smallest absolute Gasteiger partial charge is 0.383 e. The maximum atomic E-state index is 8.25. The number of rotatable bonds is 2. The number of imidazole rings is 2. The molecule has 190 valence electrons. The zero-order valence-electron chi connectivity index (χ0n) is 19.0. The fourth-order valence-corrected chi connectivity index (χ4v) is 3.50. The van der Waals surface area contributed by atoms with Gasteiger partial charge in [0.25, 0.3) is 0 Å². The predicted octanol–water partition coefficient (Wildman–Crippen LogP) is 4.17. The molecule has 6 rings (SSSR count). The van der Waals surface area contributed by atoms with Gasteiger partial charge in [0.15, 0.2) is 11.6 Å². The number of nitrogens with one attached hydrogen (secondary N) is 2. The number of nitrogen functional groups attached to an aromatic ring is 2. The Bertz CT molecular complexity index is 1490. The summed E-state index contributed by atoms with van der Waals surface area (Å²) in [4.78, 5) is 31.3. The van der Waals surface area contributed by atoms with Crippen molar-refractivity contribution >= 4 is 33.2 Å². The molecule has 0 fully saturated rings. The van der Waals surface area contributed by atoms with Crippen molar-refractivity contribution in [3.8, 4) is 23.0 Å². The standard InChI is InChI=1S/2C12H10N4.Cu.NO3/c2*13-11-9-4-2-1-3-8(9)7-10(16-11)12-14-5-6-15-12;;2-1(3)4/h2*1-7H,(H2,13,16)(H,14,15);;/q;;+1;-1. The zero-order chi connectivity index (χ0) is 25.5. The molecule has 4 heterocycles. The Labute approximate surface area is 220 Å². The summed E-state index contributed by atoms with van der Waals surface area (Å²) >= 11 is 0. The molecule has 0 saturated heterocycles. The van der Waals surface area contributed by atoms with Crippen LogP contribution in [0, 0.1) is 15.3 Å². The summed E-state index contributed by atoms with van der Waals surface area (Å²) in [6, 6.07) is 19.8. The van der Waals surface area contributed by atoms with Crippen molar-refractivity contribution in [3.05, 3.63) is 101 Å². The SMILES string of the molecule is Nc1nc(-c2ncc[nH]2)cc2ccccc12.Nc1nc(-c2ncc[nH]2)cc2ccccc12.O=[N+]([O-])[O-].[Cu+]. The molecule has 6 aromatic rings. The van der Waals surface area contributed by atoms with E-state index in [0.29, 0.717) is 11.6 Å². The summed E-state index contributed by atoms with van der Waals surface area (Å²) in [5.41, 5.74) is 13.4. The molecule has 0 atom stereocenters. The zero-order valence-corrected chi connectivity index (χ0v) is 19.9. The number of nitrogens with zero attached hydrogens (tertiary/aromatic N) is 5. The predicted molar refractivity (Wildman–Crippen MR) is 138 cm³/mol. The van der Waals surface area contributed by atoms with Crippen LogP contribution in [0.4, 0.5) is 11.6 Å². The Morgan fingerprint density at radius 1 is 0.703 bits per heavy atom. The molecule has 0 unspecified atom stereocenters. The van der Waals surface area contributed by atoms with E-state index in [2.05, 4.69) is 29.9 Å². The van der Waals surface area contributed by atoms with Gasteiger partial charge in [0.05, 0.1) is 5.09 Å². The van der Waals surface area contributed by atoms with Gasteiger partial charge in [0, 0.05) is 35.6 Å². The molecule has 0 amide bonds. The van der Waals surface area contributed by atoms with Gasteiger partial charge in [-0.1, -0.05) is 48.5 Å². The molecule has 12 nitrogen and oxygen atoms in total. The summed E-state index contributed by atoms with van der Waals surface area (Å²) < 4.78 is 0. The van der Waals surface area contributed by atoms with Gasteiger partial charge in [-0.05, 0) is 22.9 Å². The van der Waals surface area contributed by atoms with E-state index in [1.54, 1.807) is 24.8 Å². The van der Waals surface area contributed by atoms with Gasteiger partial charge in [-0.3, -0.25) is 0 Å². The van der Waals surface area contributed by atoms with E-state index in [0.717, 1.165) is 44.6 Å². The van der Waals surface area contributed by atoms with Crippen LogP contribution >= 0.6 is 0 Å². The van der Waals surface area contributed by atoms with E-state index in [1.807, 2.05) is 60.7 Å². The Kier molecular flexibility index (Phi) is 8.71. The number of nitrogens with two attached hydrogens (primary N) is 2. The van der Waals surface area contributed by atoms with Crippen molar-refractivity contribution in [2.45, 2.75) is 0 Å². The van der Waals surface area contributed by atoms with Crippen molar-refractivity contribution in [3.63, 3.8) is 0 Å². The molecular weight excluding hydrogens is 526 g/mol. The number of hydrogen-bond acceptors (Lipinski definition) is 9. The van der Waals surface area contributed by atoms with Crippen LogP contribution in [0.25, 0.3) is 44.6 Å². The largest absolute Gasteiger partial charge is 1.00 e. The Morgan fingerprint density at radius 2 is 1.08 bits per heavy atom. The number of aromatic nitrogens is 6. The van der Waals surface area contributed by atoms with Gasteiger partial charge in [-0.15, -0.1) is 0 Å². The van der Waals surface area contributed by atoms with Gasteiger partial charge in [-0.25, -0.2) is 19.9 Å². The number of benzene rings is 2. The van der Waals surface area contributed by atoms with E-state index in [1.165, 1.54) is 0 Å². The molecule has 37 heavy (non-hydrogen) atoms. The van der Waals surface area contributed by atoms with Gasteiger partial charge >= 0.3 is 17.1 Å². The topological polar surface area (TPSA) is 201 Å². The van der Waals surface area contributed by atoms with Crippen LogP contribution in [0.3, 0.4) is 0 Å². The van der Waals surface area contributed by atoms with Crippen LogP contribution in [-0.2, 0) is 17.1 Å². The van der Waals surface area contributed by atoms with Gasteiger partial charge in [0.2, 0.25) is 0 Å². The van der Waals surface area contributed by atoms with Crippen LogP contribution in [0.5, 0.6) is 0 Å². The third-order valence-corrected chi connectivity index (χ3v) is 5.02. The minimum absolute atomic E-state index is 0. The minimum atomic E-state index is -1.75. The second kappa shape index (κ2) is 12.1. The molecule has 0 aliphatic carbocycles. The number of anilines is 2. The monoisotopic (exact) mass is 545 g/mol. The maximum absolute atomic E-state index is 8.25. The first kappa shape index (κ1) is 26.6. The molecular formula is C24H20CuN9O3. The third kappa shape index (κ3) is 6.57. The summed E-state index contributed by atoms with van der Waals surface area (Å²) in [7, 11) is 0. The van der Waals surface area contributed by atoms with E-state index in [9.17, 15) is 0 Å². The van der Waals surface area contributed by atoms with Crippen molar-refractivity contribution in [1.82, 2.24) is 29.9 Å². The Morgan fingerprint density at radius 3 is 1.43 bits per heavy atom. The first-order valence-corrected chi connectivity index (χ1v) is 10.5. The summed E-state index contributed by atoms with van der Waals surface area (Å²) in [6.45, 7) is 0. The fraction of sp³-hybridized carbons (Fsp3) is 0. The van der Waals surface area contributed by atoms with E-state index >= 15 is 0 Å². The van der Waals surface area contributed by atoms with E-state index in [4.69, 9.17) is 26.8 Å². The third-order valence-electron chi connectivity index (χ3n) is 5.02. The molecule has 0 saturated carbocycles. The molecule has 0 radical (unpaired) electrons. The summed E-state index contributed by atoms with van der Waals surface area (Å²) in [5, 5.41) is 18.8. The van der Waals surface area contributed by atoms with Gasteiger partial charge in [-0.2, -0.15) is 0 Å². The number of fused-ring (bicyclic) bond motifs is 2. The number of hydrogen-bond donors (Lipinski definition) is 4. The van der Waals surface area contributed by atoms with Crippen LogP contribution in [0.15, 0.2) is 85.5 Å². The normalized spacial score (nSPS) is 9.95. The minimum Gasteiger partial charge on any atom is -0.383 e. The number of H-pyrrole nitrogens is 2. The van der Waals surface area contributed by atoms with Crippen LogP contribution in [0.2, 0.25) is 0 Å². The quantitative estimate of drug-likeness (QED) is 0.140. The fourth-order valence-electron chi connectivity index (χ4n) is 3.50. The van der Waals surface area contributed by atoms with Gasteiger partial charge in [0.1, 0.15) is 23.0 Å². The van der Waals surface area contributed by atoms with Crippen LogP contribution < -0.4 is 11.5 Å². The van der Waals surface area contributed by atoms with Crippen LogP contribution in [0.1, 0.15) is 0 Å². The Balaban J connectivity index is 0.000000176. The summed E-state index contributed by atoms with van der Waals surface area (Å²) in [6.07, 6.45) is 6.93. The molecule has 0 aliphatic heterocycles. The first-order chi connectivity index (χ1) is 17.4. The molecule has 13 heteroatoms. The average Bonchev–Trinajstić information content (AvgIpc) is 3.59. The van der Waals surface area contributed by atoms with Crippen molar-refractivity contribution in [2.24, 2.45) is 0 Å². The van der Waals surface area contributed by atoms with Crippen molar-refractivity contribution in [1.29, 1.82) is 0 Å². The van der Waals surface area contributed by atoms with Gasteiger partial charge < -0.3 is 36.8 Å². The summed E-state index contributed by atoms with van der Waals surface area (Å²) in [5.74, 6) is 2.53. The molecule has 0 bridgehead atoms. The molecule has 2 aromatic carbocycles.